The summed E-state index contributed by atoms with van der Waals surface area (Å²) in [5.74, 6) is -0.719. The zero-order valence-electron chi connectivity index (χ0n) is 18.1. The standard InChI is InChI=1S/C24H35N3O2/c1-23(2)13-20-14-24(3,16-23)17-27(20)22(29)21(28)25-19-9-11-26(12-10-19)15-18-7-5-4-6-8-18/h4-8,19-20H,9-17H2,1-3H3,(H,25,28). The summed E-state index contributed by atoms with van der Waals surface area (Å²) in [6, 6.07) is 10.8. The zero-order chi connectivity index (χ0) is 20.6. The van der Waals surface area contributed by atoms with Gasteiger partial charge < -0.3 is 10.2 Å². The lowest BCUT2D eigenvalue weighted by atomic mass is 9.65. The quantitative estimate of drug-likeness (QED) is 0.797. The van der Waals surface area contributed by atoms with Crippen molar-refractivity contribution in [2.24, 2.45) is 10.8 Å². The Labute approximate surface area is 174 Å². The minimum Gasteiger partial charge on any atom is -0.345 e. The molecule has 0 spiro atoms. The molecule has 1 N–H and O–H groups in total. The van der Waals surface area contributed by atoms with Gasteiger partial charge in [-0.05, 0) is 48.5 Å². The first kappa shape index (κ1) is 20.4. The maximum atomic E-state index is 12.9. The zero-order valence-corrected chi connectivity index (χ0v) is 18.1. The molecule has 2 saturated heterocycles. The van der Waals surface area contributed by atoms with E-state index in [1.165, 1.54) is 5.56 Å². The Morgan fingerprint density at radius 2 is 1.76 bits per heavy atom. The molecule has 2 bridgehead atoms. The minimum absolute atomic E-state index is 0.104. The lowest BCUT2D eigenvalue weighted by Gasteiger charge is -2.39. The van der Waals surface area contributed by atoms with Gasteiger partial charge in [0, 0.05) is 38.3 Å². The van der Waals surface area contributed by atoms with Crippen molar-refractivity contribution in [1.29, 1.82) is 0 Å². The normalized spacial score (nSPS) is 29.6. The van der Waals surface area contributed by atoms with Gasteiger partial charge in [-0.15, -0.1) is 0 Å². The predicted molar refractivity (Wildman–Crippen MR) is 114 cm³/mol. The van der Waals surface area contributed by atoms with Crippen LogP contribution >= 0.6 is 0 Å². The minimum atomic E-state index is -0.402. The second kappa shape index (κ2) is 7.75. The molecule has 1 aromatic rings. The molecule has 2 aliphatic heterocycles. The molecule has 5 heteroatoms. The fraction of sp³-hybridized carbons (Fsp3) is 0.667. The summed E-state index contributed by atoms with van der Waals surface area (Å²) in [6.45, 7) is 10.4. The number of hydrogen-bond donors (Lipinski definition) is 1. The van der Waals surface area contributed by atoms with Gasteiger partial charge in [0.25, 0.3) is 0 Å². The van der Waals surface area contributed by atoms with Crippen molar-refractivity contribution in [1.82, 2.24) is 15.1 Å². The van der Waals surface area contributed by atoms with Crippen LogP contribution in [0.15, 0.2) is 30.3 Å². The Balaban J connectivity index is 1.27. The molecule has 4 rings (SSSR count). The molecule has 1 aliphatic carbocycles. The molecular formula is C24H35N3O2. The van der Waals surface area contributed by atoms with Crippen LogP contribution in [0.25, 0.3) is 0 Å². The van der Waals surface area contributed by atoms with Crippen LogP contribution in [0, 0.1) is 10.8 Å². The topological polar surface area (TPSA) is 52.7 Å². The first-order chi connectivity index (χ1) is 13.7. The van der Waals surface area contributed by atoms with Crippen LogP contribution in [0.2, 0.25) is 0 Å². The number of fused-ring (bicyclic) bond motifs is 2. The molecule has 0 radical (unpaired) electrons. The lowest BCUT2D eigenvalue weighted by Crippen LogP contribution is -2.51. The first-order valence-electron chi connectivity index (χ1n) is 11.1. The summed E-state index contributed by atoms with van der Waals surface area (Å²) in [4.78, 5) is 29.9. The Morgan fingerprint density at radius 1 is 1.07 bits per heavy atom. The van der Waals surface area contributed by atoms with Gasteiger partial charge in [-0.3, -0.25) is 14.5 Å². The number of nitrogens with zero attached hydrogens (tertiary/aromatic N) is 2. The molecule has 1 aromatic carbocycles. The van der Waals surface area contributed by atoms with E-state index in [0.717, 1.165) is 58.3 Å². The molecule has 29 heavy (non-hydrogen) atoms. The maximum Gasteiger partial charge on any atom is 0.312 e. The van der Waals surface area contributed by atoms with Crippen LogP contribution in [0.1, 0.15) is 58.4 Å². The Morgan fingerprint density at radius 3 is 2.45 bits per heavy atom. The number of likely N-dealkylation sites (tertiary alicyclic amines) is 2. The van der Waals surface area contributed by atoms with E-state index in [9.17, 15) is 9.59 Å². The van der Waals surface area contributed by atoms with Crippen molar-refractivity contribution < 1.29 is 9.59 Å². The summed E-state index contributed by atoms with van der Waals surface area (Å²) < 4.78 is 0. The fourth-order valence-corrected chi connectivity index (χ4v) is 6.15. The number of piperidine rings is 1. The monoisotopic (exact) mass is 397 g/mol. The highest BCUT2D eigenvalue weighted by molar-refractivity contribution is 6.35. The van der Waals surface area contributed by atoms with E-state index in [1.54, 1.807) is 0 Å². The third kappa shape index (κ3) is 4.66. The van der Waals surface area contributed by atoms with E-state index < -0.39 is 5.91 Å². The number of amides is 2. The summed E-state index contributed by atoms with van der Waals surface area (Å²) in [7, 11) is 0. The van der Waals surface area contributed by atoms with Gasteiger partial charge in [-0.2, -0.15) is 0 Å². The van der Waals surface area contributed by atoms with E-state index >= 15 is 0 Å². The average Bonchev–Trinajstić information content (AvgIpc) is 2.92. The van der Waals surface area contributed by atoms with Gasteiger partial charge >= 0.3 is 11.8 Å². The predicted octanol–water partition coefficient (Wildman–Crippen LogP) is 3.19. The second-order valence-corrected chi connectivity index (χ2v) is 10.7. The van der Waals surface area contributed by atoms with Crippen molar-refractivity contribution in [2.45, 2.75) is 71.5 Å². The third-order valence-corrected chi connectivity index (χ3v) is 7.04. The van der Waals surface area contributed by atoms with E-state index in [1.807, 2.05) is 11.0 Å². The van der Waals surface area contributed by atoms with E-state index in [4.69, 9.17) is 0 Å². The van der Waals surface area contributed by atoms with Gasteiger partial charge in [0.2, 0.25) is 0 Å². The number of nitrogens with one attached hydrogen (secondary N) is 1. The molecule has 158 valence electrons. The Bertz CT molecular complexity index is 755. The van der Waals surface area contributed by atoms with Crippen LogP contribution in [-0.4, -0.2) is 53.3 Å². The molecule has 1 saturated carbocycles. The third-order valence-electron chi connectivity index (χ3n) is 7.04. The van der Waals surface area contributed by atoms with Crippen molar-refractivity contribution in [3.8, 4) is 0 Å². The first-order valence-corrected chi connectivity index (χ1v) is 11.1. The molecule has 3 aliphatic rings. The van der Waals surface area contributed by atoms with E-state index in [0.29, 0.717) is 0 Å². The molecular weight excluding hydrogens is 362 g/mol. The van der Waals surface area contributed by atoms with Crippen LogP contribution < -0.4 is 5.32 Å². The van der Waals surface area contributed by atoms with Gasteiger partial charge in [0.05, 0.1) is 0 Å². The largest absolute Gasteiger partial charge is 0.345 e. The number of hydrogen-bond acceptors (Lipinski definition) is 3. The highest BCUT2D eigenvalue weighted by Gasteiger charge is 2.51. The summed E-state index contributed by atoms with van der Waals surface area (Å²) >= 11 is 0. The SMILES string of the molecule is CC1(C)CC2CC(C)(CN2C(=O)C(=O)NC2CCN(Cc3ccccc3)CC2)C1. The molecule has 2 unspecified atom stereocenters. The summed E-state index contributed by atoms with van der Waals surface area (Å²) in [6.07, 6.45) is 4.97. The molecule has 5 nitrogen and oxygen atoms in total. The lowest BCUT2D eigenvalue weighted by molar-refractivity contribution is -0.147. The molecule has 0 aromatic heterocycles. The van der Waals surface area contributed by atoms with Crippen LogP contribution in [-0.2, 0) is 16.1 Å². The van der Waals surface area contributed by atoms with Crippen molar-refractivity contribution in [3.63, 3.8) is 0 Å². The van der Waals surface area contributed by atoms with E-state index in [2.05, 4.69) is 55.3 Å². The highest BCUT2D eigenvalue weighted by Crippen LogP contribution is 2.52. The Kier molecular flexibility index (Phi) is 5.45. The highest BCUT2D eigenvalue weighted by atomic mass is 16.2. The second-order valence-electron chi connectivity index (χ2n) is 10.7. The molecule has 2 amide bonds. The number of rotatable bonds is 3. The van der Waals surface area contributed by atoms with Gasteiger partial charge in [-0.25, -0.2) is 0 Å². The number of carbonyl (C=O) groups is 2. The van der Waals surface area contributed by atoms with Crippen molar-refractivity contribution in [3.05, 3.63) is 35.9 Å². The fourth-order valence-electron chi connectivity index (χ4n) is 6.15. The summed E-state index contributed by atoms with van der Waals surface area (Å²) in [5.41, 5.74) is 1.72. The van der Waals surface area contributed by atoms with Crippen molar-refractivity contribution >= 4 is 11.8 Å². The number of carbonyl (C=O) groups excluding carboxylic acids is 2. The van der Waals surface area contributed by atoms with Crippen LogP contribution in [0.5, 0.6) is 0 Å². The van der Waals surface area contributed by atoms with Gasteiger partial charge in [-0.1, -0.05) is 51.1 Å². The van der Waals surface area contributed by atoms with Gasteiger partial charge in [0.1, 0.15) is 0 Å². The average molecular weight is 398 g/mol. The van der Waals surface area contributed by atoms with Gasteiger partial charge in [0.15, 0.2) is 0 Å². The smallest absolute Gasteiger partial charge is 0.312 e. The van der Waals surface area contributed by atoms with Crippen LogP contribution in [0.4, 0.5) is 0 Å². The van der Waals surface area contributed by atoms with Crippen molar-refractivity contribution in [2.75, 3.05) is 19.6 Å². The molecule has 3 fully saturated rings. The maximum absolute atomic E-state index is 12.9. The van der Waals surface area contributed by atoms with E-state index in [-0.39, 0.29) is 28.8 Å². The van der Waals surface area contributed by atoms with Crippen LogP contribution in [0.3, 0.4) is 0 Å². The molecule has 2 atom stereocenters. The Hall–Kier alpha value is -1.88. The number of benzene rings is 1. The molecule has 2 heterocycles. The summed E-state index contributed by atoms with van der Waals surface area (Å²) in [5, 5.41) is 3.04.